The summed E-state index contributed by atoms with van der Waals surface area (Å²) in [6.45, 7) is 4.39. The lowest BCUT2D eigenvalue weighted by Crippen LogP contribution is -2.60. The van der Waals surface area contributed by atoms with Crippen molar-refractivity contribution < 1.29 is 28.6 Å². The molecule has 4 atom stereocenters. The molecule has 2 N–H and O–H groups in total. The number of carbonyl (C=O) groups excluding carboxylic acids is 3. The SMILES string of the molecule is CC(=O)NC1CC(NC(C)=O)C(OCc2ccccc2)OC1COC(C)=O. The molecule has 0 aromatic heterocycles. The molecule has 0 spiro atoms. The van der Waals surface area contributed by atoms with Gasteiger partial charge in [-0.2, -0.15) is 0 Å². The molecular weight excluding hydrogens is 352 g/mol. The van der Waals surface area contributed by atoms with Crippen LogP contribution in [-0.2, 0) is 35.2 Å². The molecule has 1 aromatic rings. The Kier molecular flexibility index (Phi) is 7.75. The van der Waals surface area contributed by atoms with E-state index in [1.54, 1.807) is 0 Å². The lowest BCUT2D eigenvalue weighted by Gasteiger charge is -2.41. The Balaban J connectivity index is 2.10. The molecule has 8 nitrogen and oxygen atoms in total. The van der Waals surface area contributed by atoms with E-state index in [-0.39, 0.29) is 18.4 Å². The monoisotopic (exact) mass is 378 g/mol. The standard InChI is InChI=1S/C19H26N2O6/c1-12(22)20-16-9-17(21-13(2)23)19(27-18(16)11-25-14(3)24)26-10-15-7-5-4-6-8-15/h4-8,16-19H,9-11H2,1-3H3,(H,20,22)(H,21,23). The van der Waals surface area contributed by atoms with Gasteiger partial charge in [0.1, 0.15) is 12.7 Å². The third-order valence-corrected chi connectivity index (χ3v) is 4.08. The van der Waals surface area contributed by atoms with Crippen molar-refractivity contribution in [2.24, 2.45) is 0 Å². The topological polar surface area (TPSA) is 103 Å². The Morgan fingerprint density at radius 2 is 1.67 bits per heavy atom. The molecule has 0 radical (unpaired) electrons. The van der Waals surface area contributed by atoms with Crippen LogP contribution in [0, 0.1) is 0 Å². The molecule has 0 bridgehead atoms. The molecular formula is C19H26N2O6. The largest absolute Gasteiger partial charge is 0.463 e. The number of ether oxygens (including phenoxy) is 3. The number of amides is 2. The average Bonchev–Trinajstić information content (AvgIpc) is 2.59. The summed E-state index contributed by atoms with van der Waals surface area (Å²) in [4.78, 5) is 34.3. The zero-order valence-electron chi connectivity index (χ0n) is 15.8. The summed E-state index contributed by atoms with van der Waals surface area (Å²) in [6.07, 6.45) is -0.923. The normalized spacial score (nSPS) is 24.7. The highest BCUT2D eigenvalue weighted by atomic mass is 16.7. The van der Waals surface area contributed by atoms with E-state index >= 15 is 0 Å². The fourth-order valence-electron chi connectivity index (χ4n) is 2.96. The van der Waals surface area contributed by atoms with Crippen LogP contribution < -0.4 is 10.6 Å². The summed E-state index contributed by atoms with van der Waals surface area (Å²) in [5.74, 6) is -0.899. The Bertz CT molecular complexity index is 651. The number of nitrogens with one attached hydrogen (secondary N) is 2. The van der Waals surface area contributed by atoms with Gasteiger partial charge in [0.15, 0.2) is 6.29 Å². The minimum Gasteiger partial charge on any atom is -0.463 e. The van der Waals surface area contributed by atoms with E-state index in [0.29, 0.717) is 13.0 Å². The van der Waals surface area contributed by atoms with Crippen molar-refractivity contribution in [2.45, 2.75) is 58.3 Å². The number of hydrogen-bond acceptors (Lipinski definition) is 6. The number of esters is 1. The van der Waals surface area contributed by atoms with E-state index in [0.717, 1.165) is 5.56 Å². The summed E-state index contributed by atoms with van der Waals surface area (Å²) < 4.78 is 16.9. The number of rotatable bonds is 7. The van der Waals surface area contributed by atoms with E-state index in [2.05, 4.69) is 10.6 Å². The molecule has 1 aromatic carbocycles. The van der Waals surface area contributed by atoms with Gasteiger partial charge >= 0.3 is 5.97 Å². The second-order valence-corrected chi connectivity index (χ2v) is 6.49. The molecule has 27 heavy (non-hydrogen) atoms. The minimum absolute atomic E-state index is 0.0156. The maximum Gasteiger partial charge on any atom is 0.302 e. The molecule has 8 heteroatoms. The smallest absolute Gasteiger partial charge is 0.302 e. The molecule has 148 valence electrons. The van der Waals surface area contributed by atoms with Crippen molar-refractivity contribution in [3.05, 3.63) is 35.9 Å². The third kappa shape index (κ3) is 6.99. The van der Waals surface area contributed by atoms with Crippen LogP contribution in [0.4, 0.5) is 0 Å². The first-order chi connectivity index (χ1) is 12.8. The first kappa shape index (κ1) is 20.9. The van der Waals surface area contributed by atoms with Gasteiger partial charge in [-0.05, 0) is 12.0 Å². The summed E-state index contributed by atoms with van der Waals surface area (Å²) >= 11 is 0. The number of carbonyl (C=O) groups is 3. The maximum atomic E-state index is 11.6. The van der Waals surface area contributed by atoms with E-state index < -0.39 is 30.4 Å². The highest BCUT2D eigenvalue weighted by Gasteiger charge is 2.40. The summed E-state index contributed by atoms with van der Waals surface area (Å²) in [7, 11) is 0. The zero-order valence-corrected chi connectivity index (χ0v) is 15.8. The highest BCUT2D eigenvalue weighted by Crippen LogP contribution is 2.23. The highest BCUT2D eigenvalue weighted by molar-refractivity contribution is 5.74. The minimum atomic E-state index is -0.736. The fraction of sp³-hybridized carbons (Fsp3) is 0.526. The molecule has 1 fully saturated rings. The van der Waals surface area contributed by atoms with Gasteiger partial charge in [-0.25, -0.2) is 0 Å². The van der Waals surface area contributed by atoms with Gasteiger partial charge in [-0.15, -0.1) is 0 Å². The van der Waals surface area contributed by atoms with Gasteiger partial charge in [0, 0.05) is 20.8 Å². The van der Waals surface area contributed by atoms with Gasteiger partial charge in [0.05, 0.1) is 18.7 Å². The van der Waals surface area contributed by atoms with Crippen LogP contribution in [0.15, 0.2) is 30.3 Å². The molecule has 0 aliphatic carbocycles. The van der Waals surface area contributed by atoms with Crippen molar-refractivity contribution in [1.29, 1.82) is 0 Å². The molecule has 1 heterocycles. The van der Waals surface area contributed by atoms with E-state index in [1.165, 1.54) is 20.8 Å². The van der Waals surface area contributed by atoms with Crippen LogP contribution >= 0.6 is 0 Å². The van der Waals surface area contributed by atoms with Crippen molar-refractivity contribution in [2.75, 3.05) is 6.61 Å². The molecule has 1 saturated heterocycles. The zero-order chi connectivity index (χ0) is 19.8. The number of hydrogen-bond donors (Lipinski definition) is 2. The molecule has 2 amide bonds. The van der Waals surface area contributed by atoms with Gasteiger partial charge in [-0.3, -0.25) is 14.4 Å². The van der Waals surface area contributed by atoms with Crippen LogP contribution in [0.5, 0.6) is 0 Å². The maximum absolute atomic E-state index is 11.6. The summed E-state index contributed by atoms with van der Waals surface area (Å²) in [5.41, 5.74) is 0.961. The van der Waals surface area contributed by atoms with Crippen LogP contribution in [0.2, 0.25) is 0 Å². The summed E-state index contributed by atoms with van der Waals surface area (Å²) in [6, 6.07) is 8.70. The first-order valence-electron chi connectivity index (χ1n) is 8.83. The number of benzene rings is 1. The van der Waals surface area contributed by atoms with E-state index in [4.69, 9.17) is 14.2 Å². The second-order valence-electron chi connectivity index (χ2n) is 6.49. The van der Waals surface area contributed by atoms with Gasteiger partial charge < -0.3 is 24.8 Å². The quantitative estimate of drug-likeness (QED) is 0.683. The Morgan fingerprint density at radius 3 is 2.26 bits per heavy atom. The first-order valence-corrected chi connectivity index (χ1v) is 8.83. The predicted molar refractivity (Wildman–Crippen MR) is 96.4 cm³/mol. The Labute approximate surface area is 158 Å². The van der Waals surface area contributed by atoms with E-state index in [1.807, 2.05) is 30.3 Å². The molecule has 2 rings (SSSR count). The fourth-order valence-corrected chi connectivity index (χ4v) is 2.96. The van der Waals surface area contributed by atoms with Crippen LogP contribution in [0.3, 0.4) is 0 Å². The lowest BCUT2D eigenvalue weighted by atomic mass is 9.97. The molecule has 1 aliphatic heterocycles. The molecule has 0 saturated carbocycles. The predicted octanol–water partition coefficient (Wildman–Crippen LogP) is 0.891. The van der Waals surface area contributed by atoms with Crippen molar-refractivity contribution >= 4 is 17.8 Å². The van der Waals surface area contributed by atoms with Gasteiger partial charge in [0.2, 0.25) is 11.8 Å². The van der Waals surface area contributed by atoms with Crippen LogP contribution in [-0.4, -0.2) is 48.9 Å². The molecule has 1 aliphatic rings. The van der Waals surface area contributed by atoms with Gasteiger partial charge in [0.25, 0.3) is 0 Å². The third-order valence-electron chi connectivity index (χ3n) is 4.08. The van der Waals surface area contributed by atoms with Crippen LogP contribution in [0.25, 0.3) is 0 Å². The van der Waals surface area contributed by atoms with Crippen LogP contribution in [0.1, 0.15) is 32.8 Å². The van der Waals surface area contributed by atoms with Gasteiger partial charge in [-0.1, -0.05) is 30.3 Å². The average molecular weight is 378 g/mol. The molecule has 4 unspecified atom stereocenters. The lowest BCUT2D eigenvalue weighted by molar-refractivity contribution is -0.229. The van der Waals surface area contributed by atoms with Crippen molar-refractivity contribution in [3.8, 4) is 0 Å². The van der Waals surface area contributed by atoms with Crippen molar-refractivity contribution in [1.82, 2.24) is 10.6 Å². The van der Waals surface area contributed by atoms with Crippen molar-refractivity contribution in [3.63, 3.8) is 0 Å². The second kappa shape index (κ2) is 10.0. The Hall–Kier alpha value is -2.45. The van der Waals surface area contributed by atoms with E-state index in [9.17, 15) is 14.4 Å². The summed E-state index contributed by atoms with van der Waals surface area (Å²) in [5, 5.41) is 5.60. The Morgan fingerprint density at radius 1 is 1.04 bits per heavy atom.